The molecule has 0 aliphatic rings. The molecule has 2 unspecified atom stereocenters. The maximum atomic E-state index is 3.63. The van der Waals surface area contributed by atoms with Gasteiger partial charge in [0.15, 0.2) is 0 Å². The molecule has 0 saturated carbocycles. The Balaban J connectivity index is 4.26. The molecule has 0 amide bonds. The summed E-state index contributed by atoms with van der Waals surface area (Å²) >= 11 is 0. The lowest BCUT2D eigenvalue weighted by Crippen LogP contribution is -2.55. The van der Waals surface area contributed by atoms with Crippen molar-refractivity contribution >= 4 is 0 Å². The Morgan fingerprint density at radius 3 is 1.79 bits per heavy atom. The summed E-state index contributed by atoms with van der Waals surface area (Å²) in [7, 11) is 0. The summed E-state index contributed by atoms with van der Waals surface area (Å²) in [5.41, 5.74) is 0.258. The smallest absolute Gasteiger partial charge is 0.0625 e. The van der Waals surface area contributed by atoms with E-state index in [-0.39, 0.29) is 5.41 Å². The number of nitrogens with one attached hydrogen (secondary N) is 2. The minimum atomic E-state index is 0.258. The first-order chi connectivity index (χ1) is 6.27. The van der Waals surface area contributed by atoms with E-state index < -0.39 is 0 Å². The third-order valence-corrected chi connectivity index (χ3v) is 2.43. The van der Waals surface area contributed by atoms with Gasteiger partial charge < -0.3 is 0 Å². The normalized spacial score (nSPS) is 17.1. The topological polar surface area (TPSA) is 24.1 Å². The summed E-state index contributed by atoms with van der Waals surface area (Å²) < 4.78 is 0. The molecule has 14 heavy (non-hydrogen) atoms. The van der Waals surface area contributed by atoms with E-state index in [1.807, 2.05) is 0 Å². The Labute approximate surface area is 89.9 Å². The largest absolute Gasteiger partial charge is 0.299 e. The summed E-state index contributed by atoms with van der Waals surface area (Å²) in [5.74, 6) is 0. The average molecular weight is 200 g/mol. The first-order valence-corrected chi connectivity index (χ1v) is 5.79. The Bertz CT molecular complexity index is 147. The van der Waals surface area contributed by atoms with Gasteiger partial charge in [-0.3, -0.25) is 10.6 Å². The molecular formula is C12H28N2. The van der Waals surface area contributed by atoms with Crippen LogP contribution in [0.4, 0.5) is 0 Å². The van der Waals surface area contributed by atoms with Gasteiger partial charge in [-0.1, -0.05) is 27.7 Å². The number of rotatable bonds is 5. The van der Waals surface area contributed by atoms with E-state index in [0.29, 0.717) is 18.2 Å². The Morgan fingerprint density at radius 2 is 1.50 bits per heavy atom. The fourth-order valence-corrected chi connectivity index (χ4v) is 1.28. The van der Waals surface area contributed by atoms with Gasteiger partial charge in [-0.25, -0.2) is 0 Å². The van der Waals surface area contributed by atoms with Crippen LogP contribution in [0.2, 0.25) is 0 Å². The van der Waals surface area contributed by atoms with Gasteiger partial charge in [0.2, 0.25) is 0 Å². The van der Waals surface area contributed by atoms with Gasteiger partial charge in [0.1, 0.15) is 0 Å². The van der Waals surface area contributed by atoms with Crippen LogP contribution >= 0.6 is 0 Å². The number of hydrogen-bond donors (Lipinski definition) is 2. The highest BCUT2D eigenvalue weighted by Gasteiger charge is 2.25. The van der Waals surface area contributed by atoms with Crippen LogP contribution in [0.5, 0.6) is 0 Å². The standard InChI is InChI=1S/C12H28N2/c1-8-10(4)14-11(12(5,6)7)13-9(2)3/h9-11,13-14H,8H2,1-7H3. The van der Waals surface area contributed by atoms with E-state index in [1.54, 1.807) is 0 Å². The van der Waals surface area contributed by atoms with E-state index in [9.17, 15) is 0 Å². The van der Waals surface area contributed by atoms with E-state index in [1.165, 1.54) is 6.42 Å². The lowest BCUT2D eigenvalue weighted by atomic mass is 9.91. The molecule has 86 valence electrons. The Morgan fingerprint density at radius 1 is 1.00 bits per heavy atom. The monoisotopic (exact) mass is 200 g/mol. The molecule has 0 rings (SSSR count). The molecule has 0 aromatic rings. The predicted molar refractivity (Wildman–Crippen MR) is 64.4 cm³/mol. The molecule has 0 aromatic heterocycles. The van der Waals surface area contributed by atoms with Crippen molar-refractivity contribution in [1.29, 1.82) is 0 Å². The van der Waals surface area contributed by atoms with Crippen molar-refractivity contribution in [3.8, 4) is 0 Å². The van der Waals surface area contributed by atoms with Gasteiger partial charge in [0.05, 0.1) is 6.17 Å². The molecule has 2 nitrogen and oxygen atoms in total. The zero-order valence-electron chi connectivity index (χ0n) is 10.9. The zero-order chi connectivity index (χ0) is 11.4. The fourth-order valence-electron chi connectivity index (χ4n) is 1.28. The molecule has 2 heteroatoms. The van der Waals surface area contributed by atoms with Crippen LogP contribution in [0.15, 0.2) is 0 Å². The Hall–Kier alpha value is -0.0800. The highest BCUT2D eigenvalue weighted by Crippen LogP contribution is 2.18. The minimum absolute atomic E-state index is 0.258. The van der Waals surface area contributed by atoms with Gasteiger partial charge in [-0.2, -0.15) is 0 Å². The third-order valence-electron chi connectivity index (χ3n) is 2.43. The molecule has 0 saturated heterocycles. The summed E-state index contributed by atoms with van der Waals surface area (Å²) in [5, 5.41) is 7.20. The van der Waals surface area contributed by atoms with E-state index in [2.05, 4.69) is 59.1 Å². The van der Waals surface area contributed by atoms with E-state index in [0.717, 1.165) is 0 Å². The zero-order valence-corrected chi connectivity index (χ0v) is 10.9. The van der Waals surface area contributed by atoms with Gasteiger partial charge in [-0.15, -0.1) is 0 Å². The summed E-state index contributed by atoms with van der Waals surface area (Å²) in [6, 6.07) is 1.10. The van der Waals surface area contributed by atoms with Crippen LogP contribution in [0.1, 0.15) is 54.9 Å². The van der Waals surface area contributed by atoms with Crippen LogP contribution in [-0.4, -0.2) is 18.2 Å². The van der Waals surface area contributed by atoms with Crippen molar-refractivity contribution < 1.29 is 0 Å². The molecule has 0 radical (unpaired) electrons. The second-order valence-corrected chi connectivity index (χ2v) is 5.60. The van der Waals surface area contributed by atoms with Crippen molar-refractivity contribution in [2.45, 2.75) is 73.1 Å². The summed E-state index contributed by atoms with van der Waals surface area (Å²) in [6.45, 7) is 15.6. The third kappa shape index (κ3) is 5.61. The maximum Gasteiger partial charge on any atom is 0.0625 e. The molecule has 0 aliphatic carbocycles. The molecule has 0 bridgehead atoms. The second-order valence-electron chi connectivity index (χ2n) is 5.60. The van der Waals surface area contributed by atoms with E-state index >= 15 is 0 Å². The quantitative estimate of drug-likeness (QED) is 0.667. The van der Waals surface area contributed by atoms with Crippen LogP contribution in [0.3, 0.4) is 0 Å². The average Bonchev–Trinajstić information content (AvgIpc) is 2.00. The molecule has 0 heterocycles. The van der Waals surface area contributed by atoms with Crippen molar-refractivity contribution in [3.05, 3.63) is 0 Å². The van der Waals surface area contributed by atoms with Crippen LogP contribution < -0.4 is 10.6 Å². The van der Waals surface area contributed by atoms with Crippen molar-refractivity contribution in [3.63, 3.8) is 0 Å². The molecule has 0 aliphatic heterocycles. The van der Waals surface area contributed by atoms with E-state index in [4.69, 9.17) is 0 Å². The highest BCUT2D eigenvalue weighted by molar-refractivity contribution is 4.81. The first-order valence-electron chi connectivity index (χ1n) is 5.79. The lowest BCUT2D eigenvalue weighted by Gasteiger charge is -2.36. The van der Waals surface area contributed by atoms with Crippen molar-refractivity contribution in [2.75, 3.05) is 0 Å². The van der Waals surface area contributed by atoms with Gasteiger partial charge in [-0.05, 0) is 32.6 Å². The first kappa shape index (κ1) is 13.9. The molecule has 2 N–H and O–H groups in total. The molecule has 0 fully saturated rings. The summed E-state index contributed by atoms with van der Waals surface area (Å²) in [4.78, 5) is 0. The highest BCUT2D eigenvalue weighted by atomic mass is 15.2. The SMILES string of the molecule is CCC(C)NC(NC(C)C)C(C)(C)C. The second kappa shape index (κ2) is 5.72. The van der Waals surface area contributed by atoms with Crippen LogP contribution in [-0.2, 0) is 0 Å². The summed E-state index contributed by atoms with van der Waals surface area (Å²) in [6.07, 6.45) is 1.56. The minimum Gasteiger partial charge on any atom is -0.299 e. The lowest BCUT2D eigenvalue weighted by molar-refractivity contribution is 0.196. The fraction of sp³-hybridized carbons (Fsp3) is 1.00. The number of hydrogen-bond acceptors (Lipinski definition) is 2. The van der Waals surface area contributed by atoms with Crippen LogP contribution in [0.25, 0.3) is 0 Å². The Kier molecular flexibility index (Phi) is 5.68. The van der Waals surface area contributed by atoms with Gasteiger partial charge in [0.25, 0.3) is 0 Å². The predicted octanol–water partition coefficient (Wildman–Crippen LogP) is 2.74. The van der Waals surface area contributed by atoms with Gasteiger partial charge >= 0.3 is 0 Å². The molecule has 2 atom stereocenters. The molecular weight excluding hydrogens is 172 g/mol. The molecule has 0 spiro atoms. The molecule has 0 aromatic carbocycles. The maximum absolute atomic E-state index is 3.63. The van der Waals surface area contributed by atoms with Crippen molar-refractivity contribution in [1.82, 2.24) is 10.6 Å². The van der Waals surface area contributed by atoms with Crippen molar-refractivity contribution in [2.24, 2.45) is 5.41 Å². The van der Waals surface area contributed by atoms with Gasteiger partial charge in [0, 0.05) is 12.1 Å². The van der Waals surface area contributed by atoms with Crippen LogP contribution in [0, 0.1) is 5.41 Å².